The Balaban J connectivity index is 1.44. The summed E-state index contributed by atoms with van der Waals surface area (Å²) in [4.78, 5) is 36.6. The van der Waals surface area contributed by atoms with E-state index in [1.165, 1.54) is 19.3 Å². The van der Waals surface area contributed by atoms with Gasteiger partial charge < -0.3 is 19.5 Å². The number of pyridine rings is 1. The van der Waals surface area contributed by atoms with Gasteiger partial charge in [0.1, 0.15) is 11.6 Å². The summed E-state index contributed by atoms with van der Waals surface area (Å²) in [5, 5.41) is 4.63. The zero-order valence-corrected chi connectivity index (χ0v) is 23.0. The van der Waals surface area contributed by atoms with Crippen LogP contribution in [0.25, 0.3) is 10.9 Å². The van der Waals surface area contributed by atoms with Crippen molar-refractivity contribution in [2.75, 3.05) is 29.9 Å². The largest absolute Gasteiger partial charge is 0.480 e. The van der Waals surface area contributed by atoms with E-state index in [9.17, 15) is 9.59 Å². The molecule has 1 saturated carbocycles. The van der Waals surface area contributed by atoms with Gasteiger partial charge in [0.05, 0.1) is 11.7 Å². The van der Waals surface area contributed by atoms with Crippen LogP contribution in [0.5, 0.6) is 5.75 Å². The fourth-order valence-electron chi connectivity index (χ4n) is 5.06. The maximum Gasteiger partial charge on any atom is 0.293 e. The zero-order valence-electron chi connectivity index (χ0n) is 22.2. The van der Waals surface area contributed by atoms with Crippen molar-refractivity contribution in [3.63, 3.8) is 0 Å². The molecule has 5 rings (SSSR count). The molecule has 202 valence electrons. The van der Waals surface area contributed by atoms with Crippen molar-refractivity contribution >= 4 is 45.7 Å². The summed E-state index contributed by atoms with van der Waals surface area (Å²) >= 11 is 6.49. The van der Waals surface area contributed by atoms with E-state index in [2.05, 4.69) is 22.1 Å². The number of hydrogen-bond donors (Lipinski definition) is 1. The Labute approximate surface area is 228 Å². The third-order valence-corrected chi connectivity index (χ3v) is 7.95. The Bertz CT molecular complexity index is 1370. The molecule has 38 heavy (non-hydrogen) atoms. The van der Waals surface area contributed by atoms with E-state index < -0.39 is 0 Å². The molecule has 9 heteroatoms. The molecule has 0 radical (unpaired) electrons. The summed E-state index contributed by atoms with van der Waals surface area (Å²) in [5.74, 6) is 2.72. The van der Waals surface area contributed by atoms with Crippen molar-refractivity contribution in [3.05, 3.63) is 45.8 Å². The van der Waals surface area contributed by atoms with Crippen molar-refractivity contribution in [3.8, 4) is 5.75 Å². The lowest BCUT2D eigenvalue weighted by Gasteiger charge is -2.32. The standard InChI is InChI=1S/C29H36ClN5O3/c1-3-19-6-5-12-34(17-19)29-31-16-24(30)27(33-29)32-22-9-10-25-21(14-22)15-26(38-18-23(36)4-2)28(37)35(25)13-11-20-7-8-20/h9-10,14-16,19-20H,3-8,11-13,17-18H2,1-2H3,(H,31,32,33). The molecule has 0 spiro atoms. The van der Waals surface area contributed by atoms with Crippen LogP contribution in [-0.2, 0) is 11.3 Å². The number of aromatic nitrogens is 3. The first-order chi connectivity index (χ1) is 18.4. The number of nitrogens with one attached hydrogen (secondary N) is 1. The number of ketones is 1. The van der Waals surface area contributed by atoms with Gasteiger partial charge in [-0.1, -0.05) is 44.7 Å². The average Bonchev–Trinajstić information content (AvgIpc) is 3.77. The van der Waals surface area contributed by atoms with Gasteiger partial charge in [-0.15, -0.1) is 0 Å². The minimum absolute atomic E-state index is 0.0439. The summed E-state index contributed by atoms with van der Waals surface area (Å²) in [6.07, 6.45) is 8.95. The Kier molecular flexibility index (Phi) is 8.17. The smallest absolute Gasteiger partial charge is 0.293 e. The molecule has 1 aliphatic heterocycles. The lowest BCUT2D eigenvalue weighted by molar-refractivity contribution is -0.120. The highest BCUT2D eigenvalue weighted by molar-refractivity contribution is 6.32. The second-order valence-corrected chi connectivity index (χ2v) is 10.9. The Morgan fingerprint density at radius 3 is 2.79 bits per heavy atom. The topological polar surface area (TPSA) is 89.3 Å². The van der Waals surface area contributed by atoms with Crippen molar-refractivity contribution in [1.82, 2.24) is 14.5 Å². The number of nitrogens with zero attached hydrogens (tertiary/aromatic N) is 4. The summed E-state index contributed by atoms with van der Waals surface area (Å²) in [5.41, 5.74) is 1.43. The van der Waals surface area contributed by atoms with Gasteiger partial charge in [-0.25, -0.2) is 4.98 Å². The van der Waals surface area contributed by atoms with Gasteiger partial charge in [-0.2, -0.15) is 4.98 Å². The third-order valence-electron chi connectivity index (χ3n) is 7.68. The van der Waals surface area contributed by atoms with Crippen LogP contribution >= 0.6 is 11.6 Å². The van der Waals surface area contributed by atoms with Gasteiger partial charge in [0.15, 0.2) is 17.4 Å². The minimum Gasteiger partial charge on any atom is -0.480 e. The highest BCUT2D eigenvalue weighted by atomic mass is 35.5. The fraction of sp³-hybridized carbons (Fsp3) is 0.517. The molecule has 1 atom stereocenters. The van der Waals surface area contributed by atoms with Crippen LogP contribution in [0.3, 0.4) is 0 Å². The molecule has 2 aromatic heterocycles. The molecule has 1 aromatic carbocycles. The number of ether oxygens (including phenoxy) is 1. The maximum atomic E-state index is 13.2. The molecule has 2 fully saturated rings. The molecule has 0 bridgehead atoms. The van der Waals surface area contributed by atoms with Gasteiger partial charge in [-0.3, -0.25) is 9.59 Å². The van der Waals surface area contributed by atoms with Crippen molar-refractivity contribution in [2.24, 2.45) is 11.8 Å². The highest BCUT2D eigenvalue weighted by Gasteiger charge is 2.23. The maximum absolute atomic E-state index is 13.2. The van der Waals surface area contributed by atoms with E-state index in [1.54, 1.807) is 23.8 Å². The summed E-state index contributed by atoms with van der Waals surface area (Å²) in [6.45, 7) is 6.43. The first-order valence-corrected chi connectivity index (χ1v) is 14.2. The minimum atomic E-state index is -0.196. The first kappa shape index (κ1) is 26.5. The van der Waals surface area contributed by atoms with E-state index >= 15 is 0 Å². The van der Waals surface area contributed by atoms with Gasteiger partial charge in [0.25, 0.3) is 5.56 Å². The number of Topliss-reactive ketones (excluding diaryl/α,β-unsaturated/α-hetero) is 1. The number of carbonyl (C=O) groups excluding carboxylic acids is 1. The molecule has 3 aromatic rings. The van der Waals surface area contributed by atoms with E-state index in [1.807, 2.05) is 18.2 Å². The van der Waals surface area contributed by atoms with Gasteiger partial charge in [0.2, 0.25) is 5.95 Å². The van der Waals surface area contributed by atoms with Crippen LogP contribution in [0.2, 0.25) is 5.02 Å². The monoisotopic (exact) mass is 537 g/mol. The SMILES string of the molecule is CCC(=O)COc1cc2cc(Nc3nc(N4CCCC(CC)C4)ncc3Cl)ccc2n(CCC2CC2)c1=O. The molecule has 2 aliphatic rings. The second kappa shape index (κ2) is 11.7. The van der Waals surface area contributed by atoms with Crippen LogP contribution in [0, 0.1) is 11.8 Å². The van der Waals surface area contributed by atoms with Crippen molar-refractivity contribution < 1.29 is 9.53 Å². The second-order valence-electron chi connectivity index (χ2n) is 10.5. The quantitative estimate of drug-likeness (QED) is 0.322. The molecule has 1 aliphatic carbocycles. The zero-order chi connectivity index (χ0) is 26.6. The van der Waals surface area contributed by atoms with Gasteiger partial charge in [0, 0.05) is 37.1 Å². The van der Waals surface area contributed by atoms with Gasteiger partial charge in [-0.05, 0) is 55.4 Å². The number of hydrogen-bond acceptors (Lipinski definition) is 7. The lowest BCUT2D eigenvalue weighted by atomic mass is 9.96. The van der Waals surface area contributed by atoms with Crippen molar-refractivity contribution in [1.29, 1.82) is 0 Å². The predicted octanol–water partition coefficient (Wildman–Crippen LogP) is 5.97. The predicted molar refractivity (Wildman–Crippen MR) is 152 cm³/mol. The summed E-state index contributed by atoms with van der Waals surface area (Å²) in [7, 11) is 0. The normalized spacial score (nSPS) is 17.6. The molecule has 3 heterocycles. The molecule has 1 N–H and O–H groups in total. The molecule has 0 amide bonds. The Hall–Kier alpha value is -3.13. The van der Waals surface area contributed by atoms with Crippen LogP contribution < -0.4 is 20.5 Å². The number of halogens is 1. The fourth-order valence-corrected chi connectivity index (χ4v) is 5.20. The number of anilines is 3. The number of benzene rings is 1. The number of carbonyl (C=O) groups is 1. The van der Waals surface area contributed by atoms with E-state index in [-0.39, 0.29) is 23.7 Å². The average molecular weight is 538 g/mol. The number of fused-ring (bicyclic) bond motifs is 1. The van der Waals surface area contributed by atoms with E-state index in [0.29, 0.717) is 41.6 Å². The van der Waals surface area contributed by atoms with Crippen LogP contribution in [0.4, 0.5) is 17.5 Å². The summed E-state index contributed by atoms with van der Waals surface area (Å²) < 4.78 is 7.47. The van der Waals surface area contributed by atoms with Crippen molar-refractivity contribution in [2.45, 2.75) is 65.3 Å². The highest BCUT2D eigenvalue weighted by Crippen LogP contribution is 2.34. The Morgan fingerprint density at radius 1 is 1.18 bits per heavy atom. The first-order valence-electron chi connectivity index (χ1n) is 13.8. The van der Waals surface area contributed by atoms with E-state index in [0.717, 1.165) is 48.9 Å². The molecule has 8 nitrogen and oxygen atoms in total. The third kappa shape index (κ3) is 6.12. The van der Waals surface area contributed by atoms with Crippen LogP contribution in [0.15, 0.2) is 35.3 Å². The molecular formula is C29H36ClN5O3. The molecular weight excluding hydrogens is 502 g/mol. The van der Waals surface area contributed by atoms with Crippen LogP contribution in [-0.4, -0.2) is 40.0 Å². The van der Waals surface area contributed by atoms with Gasteiger partial charge >= 0.3 is 0 Å². The molecule has 1 unspecified atom stereocenters. The molecule has 1 saturated heterocycles. The number of piperidine rings is 1. The number of rotatable bonds is 11. The Morgan fingerprint density at radius 2 is 2.03 bits per heavy atom. The van der Waals surface area contributed by atoms with E-state index in [4.69, 9.17) is 21.3 Å². The lowest BCUT2D eigenvalue weighted by Crippen LogP contribution is -2.36. The van der Waals surface area contributed by atoms with Crippen LogP contribution in [0.1, 0.15) is 58.8 Å². The summed E-state index contributed by atoms with van der Waals surface area (Å²) in [6, 6.07) is 7.57. The number of aryl methyl sites for hydroxylation is 1.